The summed E-state index contributed by atoms with van der Waals surface area (Å²) >= 11 is 1.72. The first kappa shape index (κ1) is 26.9. The average Bonchev–Trinajstić information content (AvgIpc) is 3.49. The van der Waals surface area contributed by atoms with Gasteiger partial charge in [0.1, 0.15) is 11.6 Å². The number of anilines is 1. The van der Waals surface area contributed by atoms with Gasteiger partial charge in [0.15, 0.2) is 0 Å². The fraction of sp³-hybridized carbons (Fsp3) is 0.680. The number of nitrogens with zero attached hydrogens (tertiary/aromatic N) is 3. The zero-order valence-electron chi connectivity index (χ0n) is 21.0. The SMILES string of the molecule is CC(C)(C)OC(=O)N1C[C@@H](N2CCC(Nc3ccc(C(F)(F)F)cc3)CC2)C[C@H]1C(=O)N1CCSC1. The van der Waals surface area contributed by atoms with Crippen molar-refractivity contribution in [2.24, 2.45) is 0 Å². The Kier molecular flexibility index (Phi) is 7.99. The van der Waals surface area contributed by atoms with E-state index < -0.39 is 29.5 Å². The van der Waals surface area contributed by atoms with E-state index in [-0.39, 0.29) is 18.0 Å². The normalized spacial score (nSPS) is 24.3. The van der Waals surface area contributed by atoms with E-state index in [1.807, 2.05) is 25.7 Å². The van der Waals surface area contributed by atoms with Gasteiger partial charge in [-0.1, -0.05) is 0 Å². The van der Waals surface area contributed by atoms with Crippen LogP contribution in [-0.4, -0.2) is 88.2 Å². The van der Waals surface area contributed by atoms with E-state index in [1.54, 1.807) is 16.7 Å². The summed E-state index contributed by atoms with van der Waals surface area (Å²) in [6.45, 7) is 8.18. The largest absolute Gasteiger partial charge is 0.444 e. The Morgan fingerprint density at radius 2 is 1.72 bits per heavy atom. The van der Waals surface area contributed by atoms with Gasteiger partial charge in [-0.15, -0.1) is 11.8 Å². The number of halogens is 3. The molecule has 1 aromatic rings. The van der Waals surface area contributed by atoms with Crippen LogP contribution in [0.25, 0.3) is 0 Å². The number of amides is 2. The van der Waals surface area contributed by atoms with Crippen molar-refractivity contribution in [2.75, 3.05) is 43.1 Å². The zero-order chi connectivity index (χ0) is 26.1. The highest BCUT2D eigenvalue weighted by atomic mass is 32.2. The second-order valence-electron chi connectivity index (χ2n) is 10.7. The summed E-state index contributed by atoms with van der Waals surface area (Å²) in [7, 11) is 0. The first-order valence-corrected chi connectivity index (χ1v) is 13.6. The molecule has 1 N–H and O–H groups in total. The maximum absolute atomic E-state index is 13.3. The predicted octanol–water partition coefficient (Wildman–Crippen LogP) is 4.49. The maximum atomic E-state index is 13.3. The lowest BCUT2D eigenvalue weighted by molar-refractivity contribution is -0.137. The molecular formula is C25H35F3N4O3S. The summed E-state index contributed by atoms with van der Waals surface area (Å²) in [6.07, 6.45) is -2.56. The van der Waals surface area contributed by atoms with E-state index in [0.29, 0.717) is 31.1 Å². The van der Waals surface area contributed by atoms with Crippen LogP contribution in [0.2, 0.25) is 0 Å². The highest BCUT2D eigenvalue weighted by Gasteiger charge is 2.45. The Labute approximate surface area is 214 Å². The molecule has 0 radical (unpaired) electrons. The summed E-state index contributed by atoms with van der Waals surface area (Å²) < 4.78 is 44.1. The molecule has 4 rings (SSSR count). The van der Waals surface area contributed by atoms with Crippen LogP contribution >= 0.6 is 11.8 Å². The Bertz CT molecular complexity index is 924. The van der Waals surface area contributed by atoms with Crippen LogP contribution in [0.5, 0.6) is 0 Å². The first-order chi connectivity index (χ1) is 16.9. The van der Waals surface area contributed by atoms with Crippen LogP contribution in [0.4, 0.5) is 23.7 Å². The molecule has 0 aliphatic carbocycles. The quantitative estimate of drug-likeness (QED) is 0.621. The molecule has 3 saturated heterocycles. The highest BCUT2D eigenvalue weighted by molar-refractivity contribution is 7.99. The molecular weight excluding hydrogens is 493 g/mol. The van der Waals surface area contributed by atoms with Gasteiger partial charge in [0, 0.05) is 49.7 Å². The summed E-state index contributed by atoms with van der Waals surface area (Å²) in [5.41, 5.74) is -0.628. The van der Waals surface area contributed by atoms with Crippen LogP contribution in [0.3, 0.4) is 0 Å². The molecule has 3 fully saturated rings. The van der Waals surface area contributed by atoms with E-state index >= 15 is 0 Å². The van der Waals surface area contributed by atoms with Gasteiger partial charge in [0.2, 0.25) is 5.91 Å². The number of nitrogens with one attached hydrogen (secondary N) is 1. The average molecular weight is 529 g/mol. The van der Waals surface area contributed by atoms with E-state index in [2.05, 4.69) is 10.2 Å². The van der Waals surface area contributed by atoms with Crippen molar-refractivity contribution in [1.82, 2.24) is 14.7 Å². The van der Waals surface area contributed by atoms with E-state index in [0.717, 1.165) is 43.8 Å². The number of piperidine rings is 1. The van der Waals surface area contributed by atoms with Crippen LogP contribution in [0.1, 0.15) is 45.6 Å². The van der Waals surface area contributed by atoms with Gasteiger partial charge in [-0.25, -0.2) is 4.79 Å². The number of carbonyl (C=O) groups is 2. The molecule has 11 heteroatoms. The number of hydrogen-bond donors (Lipinski definition) is 1. The highest BCUT2D eigenvalue weighted by Crippen LogP contribution is 2.32. The third-order valence-electron chi connectivity index (χ3n) is 6.89. The molecule has 0 unspecified atom stereocenters. The van der Waals surface area contributed by atoms with Gasteiger partial charge in [0.25, 0.3) is 0 Å². The van der Waals surface area contributed by atoms with Crippen LogP contribution in [0, 0.1) is 0 Å². The van der Waals surface area contributed by atoms with Gasteiger partial charge >= 0.3 is 12.3 Å². The topological polar surface area (TPSA) is 65.1 Å². The lowest BCUT2D eigenvalue weighted by atomic mass is 10.0. The third-order valence-corrected chi connectivity index (χ3v) is 7.85. The minimum atomic E-state index is -4.34. The van der Waals surface area contributed by atoms with Crippen LogP contribution in [0.15, 0.2) is 24.3 Å². The van der Waals surface area contributed by atoms with E-state index in [9.17, 15) is 22.8 Å². The fourth-order valence-electron chi connectivity index (χ4n) is 5.03. The van der Waals surface area contributed by atoms with Crippen molar-refractivity contribution < 1.29 is 27.5 Å². The van der Waals surface area contributed by atoms with E-state index in [1.165, 1.54) is 12.1 Å². The Hall–Kier alpha value is -2.14. The number of alkyl halides is 3. The van der Waals surface area contributed by atoms with Crippen molar-refractivity contribution in [3.8, 4) is 0 Å². The zero-order valence-corrected chi connectivity index (χ0v) is 21.8. The molecule has 36 heavy (non-hydrogen) atoms. The molecule has 3 aliphatic heterocycles. The van der Waals surface area contributed by atoms with Gasteiger partial charge in [0.05, 0.1) is 11.4 Å². The molecule has 0 aromatic heterocycles. The Balaban J connectivity index is 1.35. The molecule has 3 aliphatic rings. The van der Waals surface area contributed by atoms with Crippen LogP contribution in [-0.2, 0) is 15.7 Å². The van der Waals surface area contributed by atoms with Gasteiger partial charge in [-0.05, 0) is 64.3 Å². The van der Waals surface area contributed by atoms with Crippen LogP contribution < -0.4 is 5.32 Å². The summed E-state index contributed by atoms with van der Waals surface area (Å²) in [5.74, 6) is 1.56. The number of thioether (sulfide) groups is 1. The number of carbonyl (C=O) groups excluding carboxylic acids is 2. The van der Waals surface area contributed by atoms with Crippen molar-refractivity contribution in [3.05, 3.63) is 29.8 Å². The fourth-order valence-corrected chi connectivity index (χ4v) is 5.99. The molecule has 1 aromatic carbocycles. The predicted molar refractivity (Wildman–Crippen MR) is 134 cm³/mol. The second kappa shape index (κ2) is 10.7. The van der Waals surface area contributed by atoms with Crippen molar-refractivity contribution in [2.45, 2.75) is 69.9 Å². The van der Waals surface area contributed by atoms with Gasteiger partial charge < -0.3 is 15.0 Å². The second-order valence-corrected chi connectivity index (χ2v) is 11.8. The number of rotatable bonds is 4. The lowest BCUT2D eigenvalue weighted by Crippen LogP contribution is -2.48. The van der Waals surface area contributed by atoms with Crippen molar-refractivity contribution >= 4 is 29.4 Å². The standard InChI is InChI=1S/C25H35F3N4O3S/c1-24(2,3)35-23(34)32-15-20(14-21(32)22(33)31-12-13-36-16-31)30-10-8-19(9-11-30)29-18-6-4-17(5-7-18)25(26,27)28/h4-7,19-21,29H,8-16H2,1-3H3/t20-,21-/m0/s1. The summed E-state index contributed by atoms with van der Waals surface area (Å²) in [5, 5.41) is 3.35. The van der Waals surface area contributed by atoms with E-state index in [4.69, 9.17) is 4.74 Å². The molecule has 2 amide bonds. The molecule has 3 heterocycles. The summed E-state index contributed by atoms with van der Waals surface area (Å²) in [4.78, 5) is 32.0. The van der Waals surface area contributed by atoms with Gasteiger partial charge in [-0.3, -0.25) is 14.6 Å². The molecule has 0 bridgehead atoms. The van der Waals surface area contributed by atoms with Crippen molar-refractivity contribution in [1.29, 1.82) is 0 Å². The van der Waals surface area contributed by atoms with Gasteiger partial charge in [-0.2, -0.15) is 13.2 Å². The number of benzene rings is 1. The number of likely N-dealkylation sites (tertiary alicyclic amines) is 2. The Morgan fingerprint density at radius 3 is 2.28 bits per heavy atom. The monoisotopic (exact) mass is 528 g/mol. The summed E-state index contributed by atoms with van der Waals surface area (Å²) in [6, 6.07) is 4.82. The van der Waals surface area contributed by atoms with Crippen molar-refractivity contribution in [3.63, 3.8) is 0 Å². The minimum Gasteiger partial charge on any atom is -0.444 e. The molecule has 0 spiro atoms. The minimum absolute atomic E-state index is 0.00721. The Morgan fingerprint density at radius 1 is 1.06 bits per heavy atom. The molecule has 7 nitrogen and oxygen atoms in total. The smallest absolute Gasteiger partial charge is 0.416 e. The molecule has 0 saturated carbocycles. The molecule has 200 valence electrons. The third kappa shape index (κ3) is 6.59. The number of hydrogen-bond acceptors (Lipinski definition) is 6. The maximum Gasteiger partial charge on any atom is 0.416 e. The molecule has 2 atom stereocenters. The lowest BCUT2D eigenvalue weighted by Gasteiger charge is -2.36. The number of ether oxygens (including phenoxy) is 1. The first-order valence-electron chi connectivity index (χ1n) is 12.4.